The minimum Gasteiger partial charge on any atom is -0.477 e. The normalized spacial score (nSPS) is 20.7. The second-order valence-electron chi connectivity index (χ2n) is 7.29. The molecule has 1 aliphatic heterocycles. The highest BCUT2D eigenvalue weighted by atomic mass is 19.1. The number of halogens is 3. The average molecular weight is 426 g/mol. The summed E-state index contributed by atoms with van der Waals surface area (Å²) >= 11 is 0. The van der Waals surface area contributed by atoms with E-state index in [9.17, 15) is 23.5 Å². The number of pyridine rings is 1. The Kier molecular flexibility index (Phi) is 5.75. The van der Waals surface area contributed by atoms with Gasteiger partial charge in [-0.3, -0.25) is 4.79 Å². The van der Waals surface area contributed by atoms with Crippen LogP contribution in [-0.2, 0) is 11.4 Å². The van der Waals surface area contributed by atoms with Crippen molar-refractivity contribution in [1.29, 1.82) is 0 Å². The molecule has 8 nitrogen and oxygen atoms in total. The summed E-state index contributed by atoms with van der Waals surface area (Å²) in [4.78, 5) is 29.9. The highest BCUT2D eigenvalue weighted by Crippen LogP contribution is 2.33. The zero-order valence-electron chi connectivity index (χ0n) is 16.4. The molecule has 0 radical (unpaired) electrons. The Morgan fingerprint density at radius 2 is 2.13 bits per heavy atom. The van der Waals surface area contributed by atoms with Crippen LogP contribution in [0, 0.1) is 11.6 Å². The van der Waals surface area contributed by atoms with Crippen LogP contribution in [-0.4, -0.2) is 53.8 Å². The van der Waals surface area contributed by atoms with E-state index in [1.54, 1.807) is 6.92 Å². The Morgan fingerprint density at radius 1 is 1.43 bits per heavy atom. The molecule has 2 heterocycles. The summed E-state index contributed by atoms with van der Waals surface area (Å²) < 4.78 is 44.4. The van der Waals surface area contributed by atoms with E-state index in [1.165, 1.54) is 12.0 Å². The first-order valence-electron chi connectivity index (χ1n) is 9.11. The van der Waals surface area contributed by atoms with Crippen molar-refractivity contribution in [3.05, 3.63) is 39.7 Å². The minimum absolute atomic E-state index is 0.00902. The van der Waals surface area contributed by atoms with Gasteiger partial charge in [-0.05, 0) is 13.0 Å². The molecule has 1 saturated heterocycles. The summed E-state index contributed by atoms with van der Waals surface area (Å²) in [5.74, 6) is -3.70. The summed E-state index contributed by atoms with van der Waals surface area (Å²) in [6, 6.07) is 0.782. The van der Waals surface area contributed by atoms with Gasteiger partial charge in [0.1, 0.15) is 30.9 Å². The van der Waals surface area contributed by atoms with Gasteiger partial charge in [0, 0.05) is 25.7 Å². The lowest BCUT2D eigenvalue weighted by molar-refractivity contribution is 0.0694. The fourth-order valence-corrected chi connectivity index (χ4v) is 3.73. The van der Waals surface area contributed by atoms with E-state index in [2.05, 4.69) is 5.16 Å². The first kappa shape index (κ1) is 21.6. The van der Waals surface area contributed by atoms with Gasteiger partial charge in [-0.1, -0.05) is 5.16 Å². The molecule has 0 spiro atoms. The quantitative estimate of drug-likeness (QED) is 0.707. The Morgan fingerprint density at radius 3 is 2.70 bits per heavy atom. The molecule has 1 aromatic carbocycles. The van der Waals surface area contributed by atoms with Crippen molar-refractivity contribution in [3.8, 4) is 0 Å². The second-order valence-corrected chi connectivity index (χ2v) is 7.29. The summed E-state index contributed by atoms with van der Waals surface area (Å²) in [6.07, 6.45) is 1.15. The molecule has 0 aliphatic carbocycles. The van der Waals surface area contributed by atoms with Crippen LogP contribution in [0.3, 0.4) is 0 Å². The van der Waals surface area contributed by atoms with Crippen LogP contribution < -0.4 is 16.1 Å². The highest BCUT2D eigenvalue weighted by Gasteiger charge is 2.36. The van der Waals surface area contributed by atoms with Crippen molar-refractivity contribution >= 4 is 28.3 Å². The molecule has 1 fully saturated rings. The standard InChI is InChI=1S/C19H21F3N4O4/c1-19(23)9-26(5-3-13(19)24-30-2)16-12(21)7-10-15(14(16)22)25(6-4-20)8-11(17(10)27)18(28)29/h7-8H,3-6,9,23H2,1-2H3,(H,28,29)/b24-13-. The molecular formula is C19H21F3N4O4. The van der Waals surface area contributed by atoms with Gasteiger partial charge in [0.25, 0.3) is 0 Å². The Balaban J connectivity index is 2.22. The number of hydrogen-bond acceptors (Lipinski definition) is 6. The third-order valence-corrected chi connectivity index (χ3v) is 5.10. The van der Waals surface area contributed by atoms with Crippen molar-refractivity contribution in [2.24, 2.45) is 10.9 Å². The third-order valence-electron chi connectivity index (χ3n) is 5.10. The molecule has 162 valence electrons. The van der Waals surface area contributed by atoms with Gasteiger partial charge in [0.15, 0.2) is 5.82 Å². The van der Waals surface area contributed by atoms with Gasteiger partial charge >= 0.3 is 5.97 Å². The maximum absolute atomic E-state index is 15.5. The predicted molar refractivity (Wildman–Crippen MR) is 105 cm³/mol. The van der Waals surface area contributed by atoms with Crippen molar-refractivity contribution in [2.45, 2.75) is 25.4 Å². The molecule has 0 amide bonds. The number of aryl methyl sites for hydroxylation is 1. The summed E-state index contributed by atoms with van der Waals surface area (Å²) in [6.45, 7) is 0.485. The molecule has 3 N–H and O–H groups in total. The van der Waals surface area contributed by atoms with Crippen LogP contribution in [0.2, 0.25) is 0 Å². The zero-order chi connectivity index (χ0) is 22.2. The van der Waals surface area contributed by atoms with E-state index < -0.39 is 58.4 Å². The number of anilines is 1. The van der Waals surface area contributed by atoms with Crippen molar-refractivity contribution in [2.75, 3.05) is 31.8 Å². The maximum atomic E-state index is 15.5. The van der Waals surface area contributed by atoms with Crippen molar-refractivity contribution in [3.63, 3.8) is 0 Å². The van der Waals surface area contributed by atoms with Gasteiger partial charge in [-0.2, -0.15) is 0 Å². The number of carbonyl (C=O) groups is 1. The molecule has 1 aliphatic rings. The number of nitrogens with two attached hydrogens (primary N) is 1. The molecule has 0 saturated carbocycles. The van der Waals surface area contributed by atoms with E-state index in [-0.39, 0.29) is 25.0 Å². The summed E-state index contributed by atoms with van der Waals surface area (Å²) in [5, 5.41) is 12.6. The fraction of sp³-hybridized carbons (Fsp3) is 0.421. The first-order valence-corrected chi connectivity index (χ1v) is 9.11. The number of hydrogen-bond donors (Lipinski definition) is 2. The Bertz CT molecular complexity index is 1100. The molecule has 2 aromatic rings. The molecular weight excluding hydrogens is 405 g/mol. The van der Waals surface area contributed by atoms with Crippen LogP contribution in [0.5, 0.6) is 0 Å². The van der Waals surface area contributed by atoms with Crippen LogP contribution in [0.15, 0.2) is 22.2 Å². The lowest BCUT2D eigenvalue weighted by Gasteiger charge is -2.40. The van der Waals surface area contributed by atoms with E-state index in [1.807, 2.05) is 0 Å². The van der Waals surface area contributed by atoms with E-state index in [4.69, 9.17) is 10.6 Å². The number of aromatic nitrogens is 1. The van der Waals surface area contributed by atoms with Gasteiger partial charge in [-0.25, -0.2) is 18.0 Å². The Labute approximate surface area is 169 Å². The highest BCUT2D eigenvalue weighted by molar-refractivity contribution is 5.96. The number of benzene rings is 1. The lowest BCUT2D eigenvalue weighted by atomic mass is 9.89. The number of carboxylic acids is 1. The number of rotatable bonds is 5. The van der Waals surface area contributed by atoms with Gasteiger partial charge in [0.05, 0.1) is 28.7 Å². The van der Waals surface area contributed by atoms with Crippen molar-refractivity contribution < 1.29 is 27.9 Å². The second kappa shape index (κ2) is 7.98. The number of alkyl halides is 1. The van der Waals surface area contributed by atoms with E-state index in [0.29, 0.717) is 5.71 Å². The van der Waals surface area contributed by atoms with Crippen LogP contribution >= 0.6 is 0 Å². The predicted octanol–water partition coefficient (Wildman–Crippen LogP) is 1.88. The fourth-order valence-electron chi connectivity index (χ4n) is 3.73. The van der Waals surface area contributed by atoms with Crippen LogP contribution in [0.25, 0.3) is 10.9 Å². The van der Waals surface area contributed by atoms with Crippen molar-refractivity contribution in [1.82, 2.24) is 4.57 Å². The number of carboxylic acid groups (broad SMARTS) is 1. The van der Waals surface area contributed by atoms with Gasteiger partial charge < -0.3 is 25.1 Å². The topological polar surface area (TPSA) is 110 Å². The van der Waals surface area contributed by atoms with Gasteiger partial charge in [0.2, 0.25) is 5.43 Å². The zero-order valence-corrected chi connectivity index (χ0v) is 16.4. The van der Waals surface area contributed by atoms with Crippen LogP contribution in [0.4, 0.5) is 18.9 Å². The maximum Gasteiger partial charge on any atom is 0.341 e. The number of fused-ring (bicyclic) bond motifs is 1. The molecule has 30 heavy (non-hydrogen) atoms. The molecule has 11 heteroatoms. The Hall–Kier alpha value is -3.08. The number of nitrogens with zero attached hydrogens (tertiary/aromatic N) is 3. The summed E-state index contributed by atoms with van der Waals surface area (Å²) in [7, 11) is 1.37. The van der Waals surface area contributed by atoms with E-state index in [0.717, 1.165) is 16.8 Å². The monoisotopic (exact) mass is 426 g/mol. The van der Waals surface area contributed by atoms with Crippen LogP contribution in [0.1, 0.15) is 23.7 Å². The molecule has 3 rings (SSSR count). The lowest BCUT2D eigenvalue weighted by Crippen LogP contribution is -2.59. The number of oxime groups is 1. The minimum atomic E-state index is -1.57. The van der Waals surface area contributed by atoms with Gasteiger partial charge in [-0.15, -0.1) is 0 Å². The smallest absolute Gasteiger partial charge is 0.341 e. The SMILES string of the molecule is CO/N=C1/CCN(c2c(F)cc3c(=O)c(C(=O)O)cn(CCF)c3c2F)CC1(C)N. The molecule has 1 aromatic heterocycles. The van der Waals surface area contributed by atoms with E-state index >= 15 is 4.39 Å². The third kappa shape index (κ3) is 3.60. The first-order chi connectivity index (χ1) is 14.1. The molecule has 1 unspecified atom stereocenters. The average Bonchev–Trinajstić information content (AvgIpc) is 2.65. The largest absolute Gasteiger partial charge is 0.477 e. The molecule has 1 atom stereocenters. The summed E-state index contributed by atoms with van der Waals surface area (Å²) in [5.41, 5.74) is 3.20. The number of aromatic carboxylic acids is 1. The number of piperidine rings is 1. The molecule has 0 bridgehead atoms.